The second-order valence-corrected chi connectivity index (χ2v) is 3.75. The van der Waals surface area contributed by atoms with Gasteiger partial charge in [0.05, 0.1) is 5.69 Å². The molecule has 1 aliphatic rings. The first kappa shape index (κ1) is 10.5. The number of benzene rings is 1. The van der Waals surface area contributed by atoms with E-state index >= 15 is 0 Å². The van der Waals surface area contributed by atoms with E-state index in [9.17, 15) is 9.18 Å². The molecule has 0 spiro atoms. The smallest absolute Gasteiger partial charge is 0.228 e. The molecule has 1 atom stereocenters. The number of amides is 1. The Morgan fingerprint density at radius 1 is 1.56 bits per heavy atom. The van der Waals surface area contributed by atoms with Gasteiger partial charge in [0, 0.05) is 18.9 Å². The molecule has 1 aromatic rings. The minimum absolute atomic E-state index is 0.144. The second-order valence-electron chi connectivity index (χ2n) is 3.75. The van der Waals surface area contributed by atoms with Gasteiger partial charge < -0.3 is 10.6 Å². The van der Waals surface area contributed by atoms with Crippen LogP contribution in [0.1, 0.15) is 6.42 Å². The summed E-state index contributed by atoms with van der Waals surface area (Å²) in [5.41, 5.74) is 6.06. The molecule has 1 aliphatic heterocycles. The maximum atomic E-state index is 13.6. The average Bonchev–Trinajstić information content (AvgIpc) is 2.60. The van der Waals surface area contributed by atoms with Gasteiger partial charge in [-0.15, -0.1) is 12.3 Å². The van der Waals surface area contributed by atoms with Crippen LogP contribution in [-0.4, -0.2) is 12.5 Å². The van der Waals surface area contributed by atoms with Crippen LogP contribution in [0.5, 0.6) is 0 Å². The van der Waals surface area contributed by atoms with Crippen molar-refractivity contribution < 1.29 is 9.18 Å². The van der Waals surface area contributed by atoms with Crippen molar-refractivity contribution in [3.8, 4) is 12.3 Å². The summed E-state index contributed by atoms with van der Waals surface area (Å²) in [4.78, 5) is 13.0. The van der Waals surface area contributed by atoms with Gasteiger partial charge in [-0.2, -0.15) is 0 Å². The molecule has 1 saturated heterocycles. The predicted octanol–water partition coefficient (Wildman–Crippen LogP) is 1.39. The summed E-state index contributed by atoms with van der Waals surface area (Å²) in [6, 6.07) is 4.35. The normalized spacial score (nSPS) is 19.9. The third-order valence-electron chi connectivity index (χ3n) is 2.65. The van der Waals surface area contributed by atoms with Crippen molar-refractivity contribution in [2.45, 2.75) is 6.42 Å². The van der Waals surface area contributed by atoms with Crippen molar-refractivity contribution in [1.82, 2.24) is 0 Å². The summed E-state index contributed by atoms with van der Waals surface area (Å²) < 4.78 is 13.6. The van der Waals surface area contributed by atoms with E-state index in [2.05, 4.69) is 5.92 Å². The summed E-state index contributed by atoms with van der Waals surface area (Å²) in [7, 11) is 0. The van der Waals surface area contributed by atoms with Crippen LogP contribution in [0.25, 0.3) is 0 Å². The topological polar surface area (TPSA) is 46.3 Å². The molecule has 0 saturated carbocycles. The molecule has 82 valence electrons. The fourth-order valence-corrected chi connectivity index (χ4v) is 1.85. The van der Waals surface area contributed by atoms with Crippen molar-refractivity contribution >= 4 is 17.3 Å². The molecule has 4 heteroatoms. The summed E-state index contributed by atoms with van der Waals surface area (Å²) in [5, 5.41) is 0. The molecule has 3 nitrogen and oxygen atoms in total. The highest BCUT2D eigenvalue weighted by Gasteiger charge is 2.31. The molecule has 1 fully saturated rings. The lowest BCUT2D eigenvalue weighted by atomic mass is 10.1. The third-order valence-corrected chi connectivity index (χ3v) is 2.65. The maximum Gasteiger partial charge on any atom is 0.228 e. The molecule has 1 aromatic carbocycles. The Balaban J connectivity index is 2.39. The van der Waals surface area contributed by atoms with Crippen LogP contribution in [0.4, 0.5) is 15.8 Å². The van der Waals surface area contributed by atoms with Gasteiger partial charge in [-0.05, 0) is 12.1 Å². The minimum Gasteiger partial charge on any atom is -0.397 e. The highest BCUT2D eigenvalue weighted by molar-refractivity contribution is 5.98. The quantitative estimate of drug-likeness (QED) is 0.572. The molecule has 1 heterocycles. The van der Waals surface area contributed by atoms with Crippen molar-refractivity contribution in [2.75, 3.05) is 17.2 Å². The number of hydrogen-bond donors (Lipinski definition) is 1. The van der Waals surface area contributed by atoms with Gasteiger partial charge in [-0.3, -0.25) is 4.79 Å². The van der Waals surface area contributed by atoms with Crippen molar-refractivity contribution in [3.63, 3.8) is 0 Å². The van der Waals surface area contributed by atoms with E-state index in [0.717, 1.165) is 0 Å². The molecular formula is C12H11FN2O. The predicted molar refractivity (Wildman–Crippen MR) is 60.1 cm³/mol. The van der Waals surface area contributed by atoms with E-state index in [1.54, 1.807) is 6.07 Å². The number of carbonyl (C=O) groups is 1. The number of nitrogens with two attached hydrogens (primary N) is 1. The van der Waals surface area contributed by atoms with Crippen molar-refractivity contribution in [1.29, 1.82) is 0 Å². The van der Waals surface area contributed by atoms with E-state index in [-0.39, 0.29) is 29.6 Å². The van der Waals surface area contributed by atoms with Crippen LogP contribution >= 0.6 is 0 Å². The first-order valence-corrected chi connectivity index (χ1v) is 4.94. The maximum absolute atomic E-state index is 13.6. The molecule has 0 radical (unpaired) electrons. The Morgan fingerprint density at radius 3 is 2.88 bits per heavy atom. The summed E-state index contributed by atoms with van der Waals surface area (Å²) in [6.45, 7) is 0.334. The Hall–Kier alpha value is -2.02. The van der Waals surface area contributed by atoms with Crippen LogP contribution in [0.3, 0.4) is 0 Å². The number of nitrogens with zero attached hydrogens (tertiary/aromatic N) is 1. The molecule has 2 rings (SSSR count). The first-order chi connectivity index (χ1) is 7.63. The molecule has 1 unspecified atom stereocenters. The van der Waals surface area contributed by atoms with Gasteiger partial charge in [0.15, 0.2) is 0 Å². The van der Waals surface area contributed by atoms with Gasteiger partial charge in [0.25, 0.3) is 0 Å². The van der Waals surface area contributed by atoms with E-state index in [4.69, 9.17) is 12.2 Å². The summed E-state index contributed by atoms with van der Waals surface area (Å²) in [6.07, 6.45) is 5.51. The first-order valence-electron chi connectivity index (χ1n) is 4.94. The Labute approximate surface area is 93.0 Å². The number of anilines is 2. The molecular weight excluding hydrogens is 207 g/mol. The van der Waals surface area contributed by atoms with E-state index in [1.807, 2.05) is 0 Å². The van der Waals surface area contributed by atoms with Crippen LogP contribution in [0, 0.1) is 24.1 Å². The largest absolute Gasteiger partial charge is 0.397 e. The SMILES string of the molecule is C#CC1CC(=O)N(c2c(N)cccc2F)C1. The number of para-hydroxylation sites is 1. The van der Waals surface area contributed by atoms with Gasteiger partial charge in [-0.25, -0.2) is 4.39 Å². The summed E-state index contributed by atoms with van der Waals surface area (Å²) in [5.74, 6) is 1.67. The average molecular weight is 218 g/mol. The van der Waals surface area contributed by atoms with Gasteiger partial charge in [0.2, 0.25) is 5.91 Å². The van der Waals surface area contributed by atoms with Crippen LogP contribution in [0.15, 0.2) is 18.2 Å². The fourth-order valence-electron chi connectivity index (χ4n) is 1.85. The second kappa shape index (κ2) is 3.86. The van der Waals surface area contributed by atoms with E-state index in [1.165, 1.54) is 17.0 Å². The molecule has 1 amide bonds. The Bertz CT molecular complexity index is 458. The number of rotatable bonds is 1. The zero-order valence-corrected chi connectivity index (χ0v) is 8.61. The molecule has 16 heavy (non-hydrogen) atoms. The lowest BCUT2D eigenvalue weighted by molar-refractivity contribution is -0.117. The number of terminal acetylenes is 1. The van der Waals surface area contributed by atoms with E-state index in [0.29, 0.717) is 6.54 Å². The lowest BCUT2D eigenvalue weighted by Crippen LogP contribution is -2.26. The standard InChI is InChI=1S/C12H11FN2O/c1-2-8-6-11(16)15(7-8)12-9(13)4-3-5-10(12)14/h1,3-5,8H,6-7,14H2. The molecule has 0 aromatic heterocycles. The zero-order valence-electron chi connectivity index (χ0n) is 8.61. The lowest BCUT2D eigenvalue weighted by Gasteiger charge is -2.18. The monoisotopic (exact) mass is 218 g/mol. The van der Waals surface area contributed by atoms with Gasteiger partial charge in [0.1, 0.15) is 11.5 Å². The van der Waals surface area contributed by atoms with Crippen LogP contribution in [0.2, 0.25) is 0 Å². The Morgan fingerprint density at radius 2 is 2.31 bits per heavy atom. The zero-order chi connectivity index (χ0) is 11.7. The molecule has 0 bridgehead atoms. The van der Waals surface area contributed by atoms with Crippen LogP contribution in [-0.2, 0) is 4.79 Å². The summed E-state index contributed by atoms with van der Waals surface area (Å²) >= 11 is 0. The third kappa shape index (κ3) is 1.61. The van der Waals surface area contributed by atoms with Crippen molar-refractivity contribution in [3.05, 3.63) is 24.0 Å². The van der Waals surface area contributed by atoms with Crippen molar-refractivity contribution in [2.24, 2.45) is 5.92 Å². The van der Waals surface area contributed by atoms with Gasteiger partial charge >= 0.3 is 0 Å². The Kier molecular flexibility index (Phi) is 2.53. The number of carbonyl (C=O) groups excluding carboxylic acids is 1. The molecule has 2 N–H and O–H groups in total. The highest BCUT2D eigenvalue weighted by Crippen LogP contribution is 2.31. The number of hydrogen-bond acceptors (Lipinski definition) is 2. The van der Waals surface area contributed by atoms with Crippen LogP contribution < -0.4 is 10.6 Å². The fraction of sp³-hybridized carbons (Fsp3) is 0.250. The van der Waals surface area contributed by atoms with Gasteiger partial charge in [-0.1, -0.05) is 6.07 Å². The molecule has 0 aliphatic carbocycles. The van der Waals surface area contributed by atoms with E-state index < -0.39 is 5.82 Å². The minimum atomic E-state index is -0.494. The number of halogens is 1. The highest BCUT2D eigenvalue weighted by atomic mass is 19.1. The number of nitrogen functional groups attached to an aromatic ring is 1.